The van der Waals surface area contributed by atoms with Crippen LogP contribution < -0.4 is 5.01 Å². The maximum absolute atomic E-state index is 11.1. The number of non-ortho nitro benzene ring substituents is 1. The van der Waals surface area contributed by atoms with Gasteiger partial charge in [0.25, 0.3) is 5.69 Å². The van der Waals surface area contributed by atoms with Gasteiger partial charge in [-0.1, -0.05) is 95.4 Å². The predicted octanol–water partition coefficient (Wildman–Crippen LogP) is 8.27. The van der Waals surface area contributed by atoms with Gasteiger partial charge in [0.1, 0.15) is 5.04 Å². The molecule has 0 saturated heterocycles. The molecule has 5 nitrogen and oxygen atoms in total. The molecule has 36 heavy (non-hydrogen) atoms. The van der Waals surface area contributed by atoms with Crippen LogP contribution in [0.4, 0.5) is 11.4 Å². The van der Waals surface area contributed by atoms with Crippen molar-refractivity contribution in [2.24, 2.45) is 5.10 Å². The quantitative estimate of drug-likeness (QED) is 0.148. The Kier molecular flexibility index (Phi) is 6.08. The number of anilines is 1. The van der Waals surface area contributed by atoms with E-state index in [0.717, 1.165) is 16.3 Å². The number of hydrogen-bond acceptors (Lipinski definition) is 7. The van der Waals surface area contributed by atoms with Gasteiger partial charge in [0, 0.05) is 22.6 Å². The summed E-state index contributed by atoms with van der Waals surface area (Å²) in [6.45, 7) is 0. The monoisotopic (exact) mass is 525 g/mol. The summed E-state index contributed by atoms with van der Waals surface area (Å²) in [6, 6.07) is 35.8. The fraction of sp³-hybridized carbons (Fsp3) is 0.0357. The molecule has 1 spiro atoms. The molecule has 1 atom stereocenters. The van der Waals surface area contributed by atoms with E-state index in [2.05, 4.69) is 71.7 Å². The fourth-order valence-electron chi connectivity index (χ4n) is 4.06. The molecule has 0 radical (unpaired) electrons. The summed E-state index contributed by atoms with van der Waals surface area (Å²) >= 11 is 1.66. The van der Waals surface area contributed by atoms with E-state index in [1.54, 1.807) is 45.5 Å². The van der Waals surface area contributed by atoms with Gasteiger partial charge in [-0.15, -0.1) is 0 Å². The number of hydrogen-bond donors (Lipinski definition) is 0. The lowest BCUT2D eigenvalue weighted by molar-refractivity contribution is -0.384. The molecule has 0 N–H and O–H groups in total. The number of thioether (sulfide) groups is 1. The second kappa shape index (κ2) is 9.54. The van der Waals surface area contributed by atoms with E-state index in [4.69, 9.17) is 5.10 Å². The van der Waals surface area contributed by atoms with E-state index < -0.39 is 4.20 Å². The number of rotatable bonds is 5. The van der Waals surface area contributed by atoms with Crippen molar-refractivity contribution in [3.8, 4) is 11.1 Å². The number of nitro groups is 1. The topological polar surface area (TPSA) is 58.7 Å². The minimum absolute atomic E-state index is 0.0731. The lowest BCUT2D eigenvalue weighted by Crippen LogP contribution is -2.32. The molecule has 8 heteroatoms. The van der Waals surface area contributed by atoms with Crippen molar-refractivity contribution in [2.45, 2.75) is 4.20 Å². The van der Waals surface area contributed by atoms with Gasteiger partial charge in [-0.05, 0) is 57.8 Å². The fourth-order valence-corrected chi connectivity index (χ4v) is 8.72. The highest BCUT2D eigenvalue weighted by Crippen LogP contribution is 2.63. The van der Waals surface area contributed by atoms with Crippen LogP contribution in [-0.4, -0.2) is 14.2 Å². The van der Waals surface area contributed by atoms with Crippen LogP contribution in [0.3, 0.4) is 0 Å². The highest BCUT2D eigenvalue weighted by Gasteiger charge is 2.48. The number of nitrogens with zero attached hydrogens (tertiary/aromatic N) is 3. The van der Waals surface area contributed by atoms with Gasteiger partial charge in [-0.25, -0.2) is 5.01 Å². The third kappa shape index (κ3) is 4.32. The van der Waals surface area contributed by atoms with E-state index in [-0.39, 0.29) is 10.6 Å². The van der Waals surface area contributed by atoms with E-state index >= 15 is 0 Å². The van der Waals surface area contributed by atoms with Crippen LogP contribution in [0.1, 0.15) is 11.1 Å². The number of hydrazone groups is 1. The summed E-state index contributed by atoms with van der Waals surface area (Å²) in [5, 5.41) is 19.0. The molecule has 2 heterocycles. The third-order valence-electron chi connectivity index (χ3n) is 5.90. The molecule has 0 aliphatic carbocycles. The summed E-state index contributed by atoms with van der Waals surface area (Å²) in [7, 11) is 3.50. The molecule has 2 aliphatic rings. The zero-order chi connectivity index (χ0) is 24.5. The number of benzene rings is 4. The summed E-state index contributed by atoms with van der Waals surface area (Å²) in [6.07, 6.45) is 2.28. The van der Waals surface area contributed by atoms with Gasteiger partial charge in [0.15, 0.2) is 4.20 Å². The average molecular weight is 526 g/mol. The molecule has 4 aromatic rings. The first-order chi connectivity index (χ1) is 17.6. The Morgan fingerprint density at radius 3 is 1.97 bits per heavy atom. The zero-order valence-corrected chi connectivity index (χ0v) is 21.3. The van der Waals surface area contributed by atoms with Crippen molar-refractivity contribution in [1.82, 2.24) is 0 Å². The normalized spacial score (nSPS) is 18.8. The van der Waals surface area contributed by atoms with Crippen molar-refractivity contribution >= 4 is 54.7 Å². The third-order valence-corrected chi connectivity index (χ3v) is 10.5. The standard InChI is InChI=1S/C28H19N3O2S3/c32-31(33)25-17-15-23(16-18-25)27-29-30(24-9-5-2-6-10-24)28(34-27)19-26(35-36-28)22-13-11-21(12-14-22)20-7-3-1-4-8-20/h1-19H. The Hall–Kier alpha value is -3.46. The van der Waals surface area contributed by atoms with Crippen molar-refractivity contribution in [1.29, 1.82) is 0 Å². The molecule has 1 unspecified atom stereocenters. The van der Waals surface area contributed by atoms with E-state index in [0.29, 0.717) is 0 Å². The molecule has 0 fully saturated rings. The smallest absolute Gasteiger partial charge is 0.258 e. The summed E-state index contributed by atoms with van der Waals surface area (Å²) in [5.41, 5.74) is 5.49. The number of nitro benzene ring substituents is 1. The molecule has 6 rings (SSSR count). The van der Waals surface area contributed by atoms with Crippen LogP contribution in [0.5, 0.6) is 0 Å². The second-order valence-corrected chi connectivity index (χ2v) is 12.1. The highest BCUT2D eigenvalue weighted by atomic mass is 33.1. The lowest BCUT2D eigenvalue weighted by atomic mass is 10.0. The van der Waals surface area contributed by atoms with Crippen LogP contribution >= 0.6 is 33.3 Å². The van der Waals surface area contributed by atoms with Crippen LogP contribution in [0.25, 0.3) is 16.0 Å². The first-order valence-corrected chi connectivity index (χ1v) is 14.2. The SMILES string of the molecule is O=[N+]([O-])c1ccc(C2=NN(c3ccccc3)C3(C=C(c4ccc(-c5ccccc5)cc4)SS3)S2)cc1. The van der Waals surface area contributed by atoms with Crippen molar-refractivity contribution < 1.29 is 4.92 Å². The predicted molar refractivity (Wildman–Crippen MR) is 154 cm³/mol. The second-order valence-electron chi connectivity index (χ2n) is 8.21. The van der Waals surface area contributed by atoms with E-state index in [9.17, 15) is 10.1 Å². The summed E-state index contributed by atoms with van der Waals surface area (Å²) in [4.78, 5) is 11.9. The molecule has 0 aromatic heterocycles. The molecule has 2 aliphatic heterocycles. The van der Waals surface area contributed by atoms with Crippen LogP contribution in [0.15, 0.2) is 120 Å². The van der Waals surface area contributed by atoms with Gasteiger partial charge in [-0.3, -0.25) is 10.1 Å². The van der Waals surface area contributed by atoms with Crippen LogP contribution in [0, 0.1) is 10.1 Å². The van der Waals surface area contributed by atoms with Gasteiger partial charge in [-0.2, -0.15) is 5.10 Å². The summed E-state index contributed by atoms with van der Waals surface area (Å²) < 4.78 is -0.462. The first-order valence-electron chi connectivity index (χ1n) is 11.2. The van der Waals surface area contributed by atoms with Gasteiger partial charge >= 0.3 is 0 Å². The molecule has 176 valence electrons. The van der Waals surface area contributed by atoms with E-state index in [1.165, 1.54) is 33.7 Å². The van der Waals surface area contributed by atoms with Crippen molar-refractivity contribution in [3.63, 3.8) is 0 Å². The number of para-hydroxylation sites is 1. The molecular formula is C28H19N3O2S3. The van der Waals surface area contributed by atoms with Gasteiger partial charge in [0.05, 0.1) is 10.6 Å². The highest BCUT2D eigenvalue weighted by molar-refractivity contribution is 8.83. The van der Waals surface area contributed by atoms with Crippen LogP contribution in [0.2, 0.25) is 0 Å². The Balaban J connectivity index is 1.34. The van der Waals surface area contributed by atoms with Gasteiger partial charge in [0.2, 0.25) is 0 Å². The molecule has 4 aromatic carbocycles. The van der Waals surface area contributed by atoms with Gasteiger partial charge < -0.3 is 0 Å². The minimum atomic E-state index is -0.462. The Bertz CT molecular complexity index is 1470. The Labute approximate surface area is 220 Å². The Morgan fingerprint density at radius 1 is 0.722 bits per heavy atom. The van der Waals surface area contributed by atoms with E-state index in [1.807, 2.05) is 24.3 Å². The van der Waals surface area contributed by atoms with Crippen molar-refractivity contribution in [3.05, 3.63) is 137 Å². The zero-order valence-electron chi connectivity index (χ0n) is 18.9. The summed E-state index contributed by atoms with van der Waals surface area (Å²) in [5.74, 6) is 0. The maximum Gasteiger partial charge on any atom is 0.269 e. The lowest BCUT2D eigenvalue weighted by Gasteiger charge is -2.29. The molecular weight excluding hydrogens is 507 g/mol. The Morgan fingerprint density at radius 2 is 1.31 bits per heavy atom. The minimum Gasteiger partial charge on any atom is -0.258 e. The first kappa shape index (κ1) is 23.0. The molecule has 0 saturated carbocycles. The van der Waals surface area contributed by atoms with Crippen LogP contribution in [-0.2, 0) is 0 Å². The van der Waals surface area contributed by atoms with Crippen molar-refractivity contribution in [2.75, 3.05) is 5.01 Å². The largest absolute Gasteiger partial charge is 0.269 e. The maximum atomic E-state index is 11.1. The molecule has 0 bridgehead atoms. The molecule has 0 amide bonds. The average Bonchev–Trinajstić information content (AvgIpc) is 3.54.